The zero-order valence-electron chi connectivity index (χ0n) is 21.4. The fourth-order valence-corrected chi connectivity index (χ4v) is 4.13. The number of amides is 2. The molecule has 0 saturated carbocycles. The second kappa shape index (κ2) is 14.3. The van der Waals surface area contributed by atoms with E-state index in [1.165, 1.54) is 0 Å². The summed E-state index contributed by atoms with van der Waals surface area (Å²) in [5.41, 5.74) is 2.57. The highest BCUT2D eigenvalue weighted by Crippen LogP contribution is 2.28. The number of nitrogens with zero attached hydrogens (tertiary/aromatic N) is 1. The maximum Gasteiger partial charge on any atom is 0.243 e. The quantitative estimate of drug-likeness (QED) is 0.337. The lowest BCUT2D eigenvalue weighted by Gasteiger charge is -2.32. The first-order chi connectivity index (χ1) is 17.9. The Kier molecular flexibility index (Phi) is 10.8. The minimum Gasteiger partial charge on any atom is -0.493 e. The molecule has 0 spiro atoms. The molecule has 0 unspecified atom stereocenters. The van der Waals surface area contributed by atoms with Crippen LogP contribution < -0.4 is 14.8 Å². The summed E-state index contributed by atoms with van der Waals surface area (Å²) in [7, 11) is 4.69. The van der Waals surface area contributed by atoms with Gasteiger partial charge in [-0.1, -0.05) is 60.1 Å². The van der Waals surface area contributed by atoms with E-state index in [0.29, 0.717) is 36.1 Å². The Morgan fingerprint density at radius 1 is 0.865 bits per heavy atom. The van der Waals surface area contributed by atoms with Crippen LogP contribution in [0.3, 0.4) is 0 Å². The van der Waals surface area contributed by atoms with Crippen molar-refractivity contribution < 1.29 is 23.8 Å². The molecule has 0 aliphatic rings. The molecule has 0 bridgehead atoms. The molecule has 3 aromatic rings. The van der Waals surface area contributed by atoms with E-state index in [2.05, 4.69) is 5.32 Å². The topological polar surface area (TPSA) is 77.1 Å². The predicted molar refractivity (Wildman–Crippen MR) is 144 cm³/mol. The predicted octanol–water partition coefficient (Wildman–Crippen LogP) is 4.30. The van der Waals surface area contributed by atoms with Crippen LogP contribution in [0.2, 0.25) is 5.02 Å². The van der Waals surface area contributed by atoms with Crippen molar-refractivity contribution in [3.63, 3.8) is 0 Å². The van der Waals surface area contributed by atoms with Crippen molar-refractivity contribution in [2.75, 3.05) is 34.5 Å². The summed E-state index contributed by atoms with van der Waals surface area (Å²) < 4.78 is 15.8. The second-order valence-electron chi connectivity index (χ2n) is 8.50. The Hall–Kier alpha value is -3.55. The monoisotopic (exact) mass is 524 g/mol. The molecule has 0 aliphatic heterocycles. The zero-order valence-corrected chi connectivity index (χ0v) is 22.2. The Morgan fingerprint density at radius 3 is 2.19 bits per heavy atom. The number of carbonyl (C=O) groups is 2. The maximum absolute atomic E-state index is 13.8. The van der Waals surface area contributed by atoms with Crippen molar-refractivity contribution in [2.24, 2.45) is 0 Å². The van der Waals surface area contributed by atoms with E-state index < -0.39 is 6.04 Å². The molecule has 3 rings (SSSR count). The number of ether oxygens (including phenoxy) is 3. The molecule has 3 aromatic carbocycles. The third-order valence-corrected chi connectivity index (χ3v) is 6.20. The lowest BCUT2D eigenvalue weighted by Crippen LogP contribution is -2.51. The molecule has 0 aliphatic carbocycles. The summed E-state index contributed by atoms with van der Waals surface area (Å²) in [5.74, 6) is 0.687. The van der Waals surface area contributed by atoms with Crippen molar-refractivity contribution in [2.45, 2.75) is 25.4 Å². The van der Waals surface area contributed by atoms with Crippen LogP contribution in [0.25, 0.3) is 0 Å². The summed E-state index contributed by atoms with van der Waals surface area (Å²) in [6, 6.07) is 21.6. The maximum atomic E-state index is 13.8. The van der Waals surface area contributed by atoms with Crippen molar-refractivity contribution >= 4 is 23.4 Å². The van der Waals surface area contributed by atoms with Crippen molar-refractivity contribution in [3.8, 4) is 11.5 Å². The van der Waals surface area contributed by atoms with Gasteiger partial charge in [0.2, 0.25) is 11.8 Å². The van der Waals surface area contributed by atoms with Crippen LogP contribution in [0.15, 0.2) is 72.8 Å². The van der Waals surface area contributed by atoms with Gasteiger partial charge in [0.15, 0.2) is 11.5 Å². The Labute approximate surface area is 223 Å². The molecule has 2 amide bonds. The average Bonchev–Trinajstić information content (AvgIpc) is 2.92. The Morgan fingerprint density at radius 2 is 1.54 bits per heavy atom. The smallest absolute Gasteiger partial charge is 0.243 e. The van der Waals surface area contributed by atoms with Crippen LogP contribution >= 0.6 is 11.6 Å². The number of hydrogen-bond donors (Lipinski definition) is 1. The molecule has 7 nitrogen and oxygen atoms in total. The van der Waals surface area contributed by atoms with Crippen molar-refractivity contribution in [1.82, 2.24) is 10.2 Å². The van der Waals surface area contributed by atoms with Crippen LogP contribution in [0.5, 0.6) is 11.5 Å². The highest BCUT2D eigenvalue weighted by atomic mass is 35.5. The molecule has 0 fully saturated rings. The van der Waals surface area contributed by atoms with Gasteiger partial charge in [0.05, 0.1) is 27.2 Å². The van der Waals surface area contributed by atoms with Crippen LogP contribution in [0.4, 0.5) is 0 Å². The molecule has 8 heteroatoms. The van der Waals surface area contributed by atoms with Gasteiger partial charge in [-0.05, 0) is 41.0 Å². The Bertz CT molecular complexity index is 1150. The van der Waals surface area contributed by atoms with Gasteiger partial charge in [-0.15, -0.1) is 0 Å². The van der Waals surface area contributed by atoms with E-state index in [4.69, 9.17) is 25.8 Å². The first-order valence-corrected chi connectivity index (χ1v) is 12.4. The first kappa shape index (κ1) is 28.0. The molecule has 196 valence electrons. The van der Waals surface area contributed by atoms with E-state index in [9.17, 15) is 9.59 Å². The van der Waals surface area contributed by atoms with E-state index in [1.54, 1.807) is 50.5 Å². The van der Waals surface area contributed by atoms with Gasteiger partial charge in [0, 0.05) is 31.6 Å². The molecule has 0 radical (unpaired) electrons. The molecule has 0 aromatic heterocycles. The highest BCUT2D eigenvalue weighted by Gasteiger charge is 2.30. The first-order valence-electron chi connectivity index (χ1n) is 12.0. The van der Waals surface area contributed by atoms with Gasteiger partial charge in [-0.25, -0.2) is 0 Å². The normalized spacial score (nSPS) is 11.5. The molecule has 0 saturated heterocycles. The fourth-order valence-electron chi connectivity index (χ4n) is 4.00. The standard InChI is InChI=1S/C29H33ClN2O5/c1-35-16-15-31-29(34)25(17-21-7-5-4-6-8-21)32(20-22-9-12-24(30)13-10-22)28(33)19-23-11-14-26(36-2)27(18-23)37-3/h4-14,18,25H,15-17,19-20H2,1-3H3,(H,31,34)/t25-/m0/s1. The summed E-state index contributed by atoms with van der Waals surface area (Å²) in [5, 5.41) is 3.52. The third-order valence-electron chi connectivity index (χ3n) is 5.95. The van der Waals surface area contributed by atoms with Crippen LogP contribution in [-0.4, -0.2) is 57.2 Å². The lowest BCUT2D eigenvalue weighted by molar-refractivity contribution is -0.140. The Balaban J connectivity index is 1.95. The highest BCUT2D eigenvalue weighted by molar-refractivity contribution is 6.30. The molecular formula is C29H33ClN2O5. The van der Waals surface area contributed by atoms with E-state index in [0.717, 1.165) is 16.7 Å². The van der Waals surface area contributed by atoms with Crippen LogP contribution in [-0.2, 0) is 33.7 Å². The lowest BCUT2D eigenvalue weighted by atomic mass is 10.0. The number of carbonyl (C=O) groups excluding carboxylic acids is 2. The van der Waals surface area contributed by atoms with Gasteiger partial charge in [0.1, 0.15) is 6.04 Å². The number of nitrogens with one attached hydrogen (secondary N) is 1. The van der Waals surface area contributed by atoms with E-state index >= 15 is 0 Å². The summed E-state index contributed by atoms with van der Waals surface area (Å²) in [4.78, 5) is 28.9. The van der Waals surface area contributed by atoms with Gasteiger partial charge in [0.25, 0.3) is 0 Å². The van der Waals surface area contributed by atoms with E-state index in [-0.39, 0.29) is 24.8 Å². The molecule has 1 N–H and O–H groups in total. The minimum absolute atomic E-state index is 0.0879. The number of methoxy groups -OCH3 is 3. The van der Waals surface area contributed by atoms with Gasteiger partial charge < -0.3 is 24.4 Å². The van der Waals surface area contributed by atoms with Gasteiger partial charge >= 0.3 is 0 Å². The molecular weight excluding hydrogens is 492 g/mol. The average molecular weight is 525 g/mol. The number of hydrogen-bond acceptors (Lipinski definition) is 5. The summed E-state index contributed by atoms with van der Waals surface area (Å²) in [6.07, 6.45) is 0.454. The second-order valence-corrected chi connectivity index (χ2v) is 8.94. The zero-order chi connectivity index (χ0) is 26.6. The largest absolute Gasteiger partial charge is 0.493 e. The van der Waals surface area contributed by atoms with Crippen LogP contribution in [0.1, 0.15) is 16.7 Å². The molecule has 0 heterocycles. The summed E-state index contributed by atoms with van der Waals surface area (Å²) in [6.45, 7) is 0.971. The number of halogens is 1. The SMILES string of the molecule is COCCNC(=O)[C@H](Cc1ccccc1)N(Cc1ccc(Cl)cc1)C(=O)Cc1ccc(OC)c(OC)c1. The molecule has 1 atom stereocenters. The fraction of sp³-hybridized carbons (Fsp3) is 0.310. The van der Waals surface area contributed by atoms with Crippen molar-refractivity contribution in [1.29, 1.82) is 0 Å². The van der Waals surface area contributed by atoms with Crippen LogP contribution in [0, 0.1) is 0 Å². The molecule has 37 heavy (non-hydrogen) atoms. The number of rotatable bonds is 13. The number of benzene rings is 3. The van der Waals surface area contributed by atoms with Crippen molar-refractivity contribution in [3.05, 3.63) is 94.5 Å². The van der Waals surface area contributed by atoms with E-state index in [1.807, 2.05) is 48.5 Å². The third kappa shape index (κ3) is 8.23. The minimum atomic E-state index is -0.734. The summed E-state index contributed by atoms with van der Waals surface area (Å²) >= 11 is 6.08. The van der Waals surface area contributed by atoms with Gasteiger partial charge in [-0.2, -0.15) is 0 Å². The van der Waals surface area contributed by atoms with Gasteiger partial charge in [-0.3, -0.25) is 9.59 Å².